The first-order valence-electron chi connectivity index (χ1n) is 10.4. The van der Waals surface area contributed by atoms with E-state index < -0.39 is 16.1 Å². The van der Waals surface area contributed by atoms with Crippen LogP contribution in [0.3, 0.4) is 0 Å². The summed E-state index contributed by atoms with van der Waals surface area (Å²) in [5, 5.41) is 3.11. The average Bonchev–Trinajstić information content (AvgIpc) is 2.93. The zero-order valence-corrected chi connectivity index (χ0v) is 19.2. The van der Waals surface area contributed by atoms with E-state index in [1.165, 1.54) is 4.31 Å². The van der Waals surface area contributed by atoms with Gasteiger partial charge in [0.1, 0.15) is 11.5 Å². The molecule has 31 heavy (non-hydrogen) atoms. The van der Waals surface area contributed by atoms with Crippen molar-refractivity contribution < 1.29 is 22.7 Å². The second-order valence-corrected chi connectivity index (χ2v) is 10.1. The van der Waals surface area contributed by atoms with Crippen molar-refractivity contribution in [3.8, 4) is 11.5 Å². The molecule has 1 heterocycles. The van der Waals surface area contributed by atoms with Crippen molar-refractivity contribution in [2.24, 2.45) is 5.92 Å². The Labute approximate surface area is 184 Å². The standard InChI is InChI=1S/C23H30N2O5S/c1-16(2)15-19(17-9-11-18(29-3)12-10-17)24-23(26)22-13-14-25(31(4,27)28)20-7-5-6-8-21(20)30-22/h5-12,16,19,22H,13-15H2,1-4H3,(H,24,26)/t19-,22-/m0/s1. The minimum atomic E-state index is -3.49. The van der Waals surface area contributed by atoms with Gasteiger partial charge in [0.05, 0.1) is 25.1 Å². The molecule has 1 amide bonds. The van der Waals surface area contributed by atoms with Gasteiger partial charge in [-0.15, -0.1) is 0 Å². The monoisotopic (exact) mass is 446 g/mol. The number of nitrogens with zero attached hydrogens (tertiary/aromatic N) is 1. The number of hydrogen-bond acceptors (Lipinski definition) is 5. The minimum Gasteiger partial charge on any atom is -0.497 e. The number of hydrogen-bond donors (Lipinski definition) is 1. The van der Waals surface area contributed by atoms with E-state index in [9.17, 15) is 13.2 Å². The van der Waals surface area contributed by atoms with Crippen LogP contribution in [-0.2, 0) is 14.8 Å². The first-order chi connectivity index (χ1) is 14.7. The Morgan fingerprint density at radius 2 is 1.87 bits per heavy atom. The molecule has 1 aliphatic heterocycles. The molecule has 7 nitrogen and oxygen atoms in total. The van der Waals surface area contributed by atoms with Crippen LogP contribution in [0.1, 0.15) is 38.3 Å². The molecular formula is C23H30N2O5S. The maximum atomic E-state index is 13.2. The molecule has 2 aromatic carbocycles. The maximum Gasteiger partial charge on any atom is 0.261 e. The van der Waals surface area contributed by atoms with Gasteiger partial charge >= 0.3 is 0 Å². The van der Waals surface area contributed by atoms with Crippen LogP contribution in [0.15, 0.2) is 48.5 Å². The Morgan fingerprint density at radius 1 is 1.19 bits per heavy atom. The van der Waals surface area contributed by atoms with Gasteiger partial charge in [0, 0.05) is 13.0 Å². The highest BCUT2D eigenvalue weighted by Gasteiger charge is 2.32. The first kappa shape index (κ1) is 22.9. The third-order valence-electron chi connectivity index (χ3n) is 5.23. The zero-order chi connectivity index (χ0) is 22.6. The highest BCUT2D eigenvalue weighted by Crippen LogP contribution is 2.34. The SMILES string of the molecule is COc1ccc([C@H](CC(C)C)NC(=O)[C@@H]2CCN(S(C)(=O)=O)c3ccccc3O2)cc1. The minimum absolute atomic E-state index is 0.172. The Balaban J connectivity index is 1.82. The van der Waals surface area contributed by atoms with E-state index in [-0.39, 0.29) is 24.9 Å². The number of benzene rings is 2. The van der Waals surface area contributed by atoms with E-state index in [2.05, 4.69) is 19.2 Å². The second kappa shape index (κ2) is 9.60. The molecule has 0 fully saturated rings. The molecule has 2 aromatic rings. The van der Waals surface area contributed by atoms with Crippen molar-refractivity contribution in [2.75, 3.05) is 24.2 Å². The number of carbonyl (C=O) groups excluding carboxylic acids is 1. The third-order valence-corrected chi connectivity index (χ3v) is 6.41. The van der Waals surface area contributed by atoms with Gasteiger partial charge in [-0.1, -0.05) is 38.1 Å². The van der Waals surface area contributed by atoms with E-state index in [1.807, 2.05) is 24.3 Å². The number of ether oxygens (including phenoxy) is 2. The van der Waals surface area contributed by atoms with Crippen LogP contribution in [0.4, 0.5) is 5.69 Å². The van der Waals surface area contributed by atoms with Crippen molar-refractivity contribution in [3.05, 3.63) is 54.1 Å². The van der Waals surface area contributed by atoms with Gasteiger partial charge in [0.25, 0.3) is 5.91 Å². The molecule has 0 aliphatic carbocycles. The number of carbonyl (C=O) groups is 1. The van der Waals surface area contributed by atoms with Crippen molar-refractivity contribution >= 4 is 21.6 Å². The van der Waals surface area contributed by atoms with Crippen LogP contribution in [0.2, 0.25) is 0 Å². The summed E-state index contributed by atoms with van der Waals surface area (Å²) in [6.07, 6.45) is 1.38. The van der Waals surface area contributed by atoms with Crippen molar-refractivity contribution in [1.29, 1.82) is 0 Å². The summed E-state index contributed by atoms with van der Waals surface area (Å²) < 4.78 is 37.1. The number of rotatable bonds is 7. The highest BCUT2D eigenvalue weighted by molar-refractivity contribution is 7.92. The molecule has 3 rings (SSSR count). The first-order valence-corrected chi connectivity index (χ1v) is 12.2. The molecule has 1 aliphatic rings. The topological polar surface area (TPSA) is 84.9 Å². The molecule has 8 heteroatoms. The van der Waals surface area contributed by atoms with Crippen molar-refractivity contribution in [3.63, 3.8) is 0 Å². The second-order valence-electron chi connectivity index (χ2n) is 8.16. The lowest BCUT2D eigenvalue weighted by Crippen LogP contribution is -2.41. The van der Waals surface area contributed by atoms with E-state index in [1.54, 1.807) is 31.4 Å². The van der Waals surface area contributed by atoms with Gasteiger partial charge in [-0.3, -0.25) is 9.10 Å². The summed E-state index contributed by atoms with van der Waals surface area (Å²) in [4.78, 5) is 13.2. The summed E-state index contributed by atoms with van der Waals surface area (Å²) in [5.41, 5.74) is 1.43. The molecule has 0 bridgehead atoms. The number of amides is 1. The number of anilines is 1. The van der Waals surface area contributed by atoms with E-state index >= 15 is 0 Å². The van der Waals surface area contributed by atoms with E-state index in [0.29, 0.717) is 17.4 Å². The van der Waals surface area contributed by atoms with Gasteiger partial charge in [-0.05, 0) is 42.2 Å². The van der Waals surface area contributed by atoms with E-state index in [4.69, 9.17) is 9.47 Å². The van der Waals surface area contributed by atoms with Crippen molar-refractivity contribution in [1.82, 2.24) is 5.32 Å². The zero-order valence-electron chi connectivity index (χ0n) is 18.4. The number of sulfonamides is 1. The fourth-order valence-electron chi connectivity index (χ4n) is 3.71. The highest BCUT2D eigenvalue weighted by atomic mass is 32.2. The molecule has 0 radical (unpaired) electrons. The largest absolute Gasteiger partial charge is 0.497 e. The molecule has 2 atom stereocenters. The summed E-state index contributed by atoms with van der Waals surface area (Å²) in [6, 6.07) is 14.3. The number of methoxy groups -OCH3 is 1. The Morgan fingerprint density at radius 3 is 2.48 bits per heavy atom. The summed E-state index contributed by atoms with van der Waals surface area (Å²) in [7, 11) is -1.88. The predicted molar refractivity (Wildman–Crippen MR) is 121 cm³/mol. The molecule has 0 spiro atoms. The average molecular weight is 447 g/mol. The molecule has 0 aromatic heterocycles. The summed E-state index contributed by atoms with van der Waals surface area (Å²) in [5.74, 6) is 1.24. The summed E-state index contributed by atoms with van der Waals surface area (Å²) in [6.45, 7) is 4.38. The predicted octanol–water partition coefficient (Wildman–Crippen LogP) is 3.52. The molecular weight excluding hydrogens is 416 g/mol. The molecule has 1 N–H and O–H groups in total. The van der Waals surface area contributed by atoms with Gasteiger partial charge < -0.3 is 14.8 Å². The van der Waals surface area contributed by atoms with Crippen LogP contribution in [0.25, 0.3) is 0 Å². The van der Waals surface area contributed by atoms with Crippen LogP contribution < -0.4 is 19.1 Å². The Bertz CT molecular complexity index is 1000. The van der Waals surface area contributed by atoms with Crippen LogP contribution in [0, 0.1) is 5.92 Å². The normalized spacial score (nSPS) is 17.3. The smallest absolute Gasteiger partial charge is 0.261 e. The Kier molecular flexibility index (Phi) is 7.10. The fourth-order valence-corrected chi connectivity index (χ4v) is 4.65. The molecule has 0 unspecified atom stereocenters. The van der Waals surface area contributed by atoms with Crippen LogP contribution >= 0.6 is 0 Å². The van der Waals surface area contributed by atoms with Gasteiger partial charge in [0.2, 0.25) is 10.0 Å². The van der Waals surface area contributed by atoms with Crippen molar-refractivity contribution in [2.45, 2.75) is 38.8 Å². The van der Waals surface area contributed by atoms with Gasteiger partial charge in [-0.2, -0.15) is 0 Å². The Hall–Kier alpha value is -2.74. The fraction of sp³-hybridized carbons (Fsp3) is 0.435. The molecule has 0 saturated carbocycles. The summed E-state index contributed by atoms with van der Waals surface area (Å²) >= 11 is 0. The lowest BCUT2D eigenvalue weighted by molar-refractivity contribution is -0.129. The quantitative estimate of drug-likeness (QED) is 0.704. The van der Waals surface area contributed by atoms with Crippen LogP contribution in [0.5, 0.6) is 11.5 Å². The number of nitrogens with one attached hydrogen (secondary N) is 1. The molecule has 168 valence electrons. The van der Waals surface area contributed by atoms with Gasteiger partial charge in [-0.25, -0.2) is 8.42 Å². The molecule has 0 saturated heterocycles. The van der Waals surface area contributed by atoms with E-state index in [0.717, 1.165) is 24.0 Å². The van der Waals surface area contributed by atoms with Gasteiger partial charge in [0.15, 0.2) is 6.10 Å². The lowest BCUT2D eigenvalue weighted by Gasteiger charge is -2.24. The number of para-hydroxylation sites is 2. The third kappa shape index (κ3) is 5.70. The van der Waals surface area contributed by atoms with Crippen LogP contribution in [-0.4, -0.2) is 40.3 Å². The maximum absolute atomic E-state index is 13.2. The number of fused-ring (bicyclic) bond motifs is 1. The lowest BCUT2D eigenvalue weighted by atomic mass is 9.96.